The number of anilines is 1. The molecule has 2 atom stereocenters. The molecule has 7 heteroatoms. The first-order valence-electron chi connectivity index (χ1n) is 6.78. The highest BCUT2D eigenvalue weighted by molar-refractivity contribution is 7.99. The second-order valence-corrected chi connectivity index (χ2v) is 7.45. The molecule has 1 aromatic heterocycles. The van der Waals surface area contributed by atoms with Gasteiger partial charge in [-0.2, -0.15) is 11.3 Å². The molecule has 0 radical (unpaired) electrons. The molecule has 1 aromatic rings. The number of hydrogen-bond acceptors (Lipinski definition) is 6. The summed E-state index contributed by atoms with van der Waals surface area (Å²) in [5.74, 6) is 6.63. The van der Waals surface area contributed by atoms with Gasteiger partial charge in [0.2, 0.25) is 5.50 Å². The van der Waals surface area contributed by atoms with E-state index in [2.05, 4.69) is 35.8 Å². The van der Waals surface area contributed by atoms with Gasteiger partial charge in [-0.25, -0.2) is 4.99 Å². The Bertz CT molecular complexity index is 557. The molecule has 5 nitrogen and oxygen atoms in total. The van der Waals surface area contributed by atoms with Gasteiger partial charge in [0.15, 0.2) is 0 Å². The Morgan fingerprint density at radius 3 is 3.10 bits per heavy atom. The first kappa shape index (κ1) is 14.2. The van der Waals surface area contributed by atoms with E-state index in [1.165, 1.54) is 21.0 Å². The maximum absolute atomic E-state index is 6.04. The fourth-order valence-electron chi connectivity index (χ4n) is 2.66. The normalized spacial score (nSPS) is 28.2. The van der Waals surface area contributed by atoms with Crippen molar-refractivity contribution in [3.05, 3.63) is 16.0 Å². The van der Waals surface area contributed by atoms with E-state index in [9.17, 15) is 0 Å². The van der Waals surface area contributed by atoms with E-state index >= 15 is 0 Å². The minimum Gasteiger partial charge on any atom is -0.369 e. The summed E-state index contributed by atoms with van der Waals surface area (Å²) in [6, 6.07) is 0. The van der Waals surface area contributed by atoms with Crippen LogP contribution in [0.2, 0.25) is 0 Å². The predicted octanol–water partition coefficient (Wildman–Crippen LogP) is 0.352. The van der Waals surface area contributed by atoms with Crippen LogP contribution in [-0.4, -0.2) is 23.2 Å². The van der Waals surface area contributed by atoms with Gasteiger partial charge in [0.1, 0.15) is 10.6 Å². The van der Waals surface area contributed by atoms with Gasteiger partial charge in [0.05, 0.1) is 12.2 Å². The smallest absolute Gasteiger partial charge is 0.298 e. The number of thiophene rings is 1. The van der Waals surface area contributed by atoms with Gasteiger partial charge in [-0.15, -0.1) is 11.3 Å². The molecule has 0 saturated heterocycles. The van der Waals surface area contributed by atoms with Gasteiger partial charge in [0.25, 0.3) is 5.84 Å². The number of ether oxygens (including phenoxy) is 1. The van der Waals surface area contributed by atoms with Crippen molar-refractivity contribution in [1.82, 2.24) is 5.43 Å². The largest absolute Gasteiger partial charge is 0.369 e. The Morgan fingerprint density at radius 2 is 2.45 bits per heavy atom. The van der Waals surface area contributed by atoms with E-state index in [1.807, 2.05) is 0 Å². The van der Waals surface area contributed by atoms with Crippen molar-refractivity contribution in [1.29, 1.82) is 0 Å². The van der Waals surface area contributed by atoms with Gasteiger partial charge in [-0.3, -0.25) is 0 Å². The number of hydrogen-bond donors (Lipinski definition) is 4. The maximum atomic E-state index is 6.04. The van der Waals surface area contributed by atoms with Crippen LogP contribution in [0.5, 0.6) is 0 Å². The summed E-state index contributed by atoms with van der Waals surface area (Å²) in [5, 5.41) is 4.70. The van der Waals surface area contributed by atoms with Crippen LogP contribution in [0.15, 0.2) is 0 Å². The van der Waals surface area contributed by atoms with Crippen LogP contribution < -0.4 is 21.6 Å². The van der Waals surface area contributed by atoms with Gasteiger partial charge in [-0.05, 0) is 25.2 Å². The Hall–Kier alpha value is -0.760. The van der Waals surface area contributed by atoms with Crippen molar-refractivity contribution in [2.45, 2.75) is 44.4 Å². The minimum atomic E-state index is -0.0715. The molecule has 0 aromatic carbocycles. The SMILES string of the molecule is CC[C@@]1(C)Cc2c(sc3c2C(NN)=[NH+][C@H](SC)N3)CO1. The molecule has 0 spiro atoms. The lowest BCUT2D eigenvalue weighted by molar-refractivity contribution is -0.468. The Kier molecular flexibility index (Phi) is 3.70. The molecule has 0 fully saturated rings. The zero-order valence-corrected chi connectivity index (χ0v) is 13.6. The molecule has 3 rings (SSSR count). The fraction of sp³-hybridized carbons (Fsp3) is 0.615. The lowest BCUT2D eigenvalue weighted by Gasteiger charge is -2.33. The molecule has 0 saturated carbocycles. The van der Waals surface area contributed by atoms with Gasteiger partial charge >= 0.3 is 0 Å². The van der Waals surface area contributed by atoms with Crippen LogP contribution in [0.1, 0.15) is 36.3 Å². The molecule has 0 amide bonds. The summed E-state index contributed by atoms with van der Waals surface area (Å²) < 4.78 is 6.04. The van der Waals surface area contributed by atoms with Crippen molar-refractivity contribution in [2.24, 2.45) is 5.84 Å². The average molecular weight is 313 g/mol. The zero-order chi connectivity index (χ0) is 14.3. The number of rotatable bonds is 2. The van der Waals surface area contributed by atoms with E-state index in [1.54, 1.807) is 23.1 Å². The highest BCUT2D eigenvalue weighted by atomic mass is 32.2. The third kappa shape index (κ3) is 2.22. The van der Waals surface area contributed by atoms with E-state index in [0.29, 0.717) is 6.61 Å². The monoisotopic (exact) mass is 313 g/mol. The lowest BCUT2D eigenvalue weighted by Crippen LogP contribution is -2.85. The molecule has 0 unspecified atom stereocenters. The molecular formula is C13H21N4OS2+. The average Bonchev–Trinajstić information content (AvgIpc) is 2.83. The number of nitrogens with two attached hydrogens (primary N) is 1. The van der Waals surface area contributed by atoms with E-state index in [4.69, 9.17) is 10.6 Å². The van der Waals surface area contributed by atoms with Gasteiger partial charge in [0, 0.05) is 11.3 Å². The topological polar surface area (TPSA) is 73.3 Å². The Morgan fingerprint density at radius 1 is 1.65 bits per heavy atom. The summed E-state index contributed by atoms with van der Waals surface area (Å²) >= 11 is 3.50. The maximum Gasteiger partial charge on any atom is 0.298 e. The first-order chi connectivity index (χ1) is 9.60. The van der Waals surface area contributed by atoms with Gasteiger partial charge in [-0.1, -0.05) is 18.7 Å². The highest BCUT2D eigenvalue weighted by Gasteiger charge is 2.38. The molecular weight excluding hydrogens is 292 g/mol. The second kappa shape index (κ2) is 5.22. The Labute approximate surface area is 127 Å². The quantitative estimate of drug-likeness (QED) is 0.468. The molecule has 110 valence electrons. The van der Waals surface area contributed by atoms with Crippen LogP contribution in [0.3, 0.4) is 0 Å². The number of fused-ring (bicyclic) bond motifs is 3. The van der Waals surface area contributed by atoms with Crippen LogP contribution in [0, 0.1) is 0 Å². The number of thioether (sulfide) groups is 1. The van der Waals surface area contributed by atoms with Crippen LogP contribution in [-0.2, 0) is 17.8 Å². The summed E-state index contributed by atoms with van der Waals surface area (Å²) in [5.41, 5.74) is 5.46. The van der Waals surface area contributed by atoms with Crippen molar-refractivity contribution in [3.8, 4) is 0 Å². The molecule has 0 aliphatic carbocycles. The Balaban J connectivity index is 2.05. The number of nitrogens with one attached hydrogen (secondary N) is 3. The van der Waals surface area contributed by atoms with Crippen molar-refractivity contribution < 1.29 is 9.73 Å². The van der Waals surface area contributed by atoms with Crippen molar-refractivity contribution >= 4 is 33.9 Å². The predicted molar refractivity (Wildman–Crippen MR) is 84.8 cm³/mol. The molecule has 5 N–H and O–H groups in total. The van der Waals surface area contributed by atoms with E-state index < -0.39 is 0 Å². The number of hydrazine groups is 1. The van der Waals surface area contributed by atoms with Crippen LogP contribution >= 0.6 is 23.1 Å². The molecule has 2 aliphatic heterocycles. The second-order valence-electron chi connectivity index (χ2n) is 5.40. The fourth-order valence-corrected chi connectivity index (χ4v) is 4.38. The first-order valence-corrected chi connectivity index (χ1v) is 8.89. The molecule has 3 heterocycles. The summed E-state index contributed by atoms with van der Waals surface area (Å²) in [6.07, 6.45) is 4.01. The summed E-state index contributed by atoms with van der Waals surface area (Å²) in [4.78, 5) is 4.70. The highest BCUT2D eigenvalue weighted by Crippen LogP contribution is 2.41. The van der Waals surface area contributed by atoms with E-state index in [0.717, 1.165) is 18.7 Å². The third-order valence-corrected chi connectivity index (χ3v) is 5.95. The molecule has 0 bridgehead atoms. The minimum absolute atomic E-state index is 0.0715. The van der Waals surface area contributed by atoms with Crippen molar-refractivity contribution in [3.63, 3.8) is 0 Å². The van der Waals surface area contributed by atoms with Gasteiger partial charge < -0.3 is 10.1 Å². The van der Waals surface area contributed by atoms with Crippen LogP contribution in [0.4, 0.5) is 5.00 Å². The number of amidine groups is 1. The summed E-state index contributed by atoms with van der Waals surface area (Å²) in [6.45, 7) is 5.06. The molecule has 2 aliphatic rings. The van der Waals surface area contributed by atoms with Crippen molar-refractivity contribution in [2.75, 3.05) is 11.6 Å². The molecule has 20 heavy (non-hydrogen) atoms. The van der Waals surface area contributed by atoms with E-state index in [-0.39, 0.29) is 11.1 Å². The lowest BCUT2D eigenvalue weighted by atomic mass is 9.89. The standard InChI is InChI=1S/C13H20N4OS2/c1-4-13(2)5-7-8(6-18-13)20-11-9(7)10(17-14)15-12(16-11)19-3/h12,16H,4-6,14H2,1-3H3,(H,15,17)/p+1/t12-,13-/m0/s1. The third-order valence-electron chi connectivity index (χ3n) is 4.11. The summed E-state index contributed by atoms with van der Waals surface area (Å²) in [7, 11) is 0. The zero-order valence-electron chi connectivity index (χ0n) is 12.0. The van der Waals surface area contributed by atoms with Crippen LogP contribution in [0.25, 0.3) is 0 Å².